The number of thioether (sulfide) groups is 1. The number of hydrogen-bond donors (Lipinski definition) is 2. The first-order valence-corrected chi connectivity index (χ1v) is 8.02. The molecule has 2 rings (SSSR count). The van der Waals surface area contributed by atoms with Gasteiger partial charge in [0.1, 0.15) is 0 Å². The summed E-state index contributed by atoms with van der Waals surface area (Å²) >= 11 is 19.7. The highest BCUT2D eigenvalue weighted by atomic mass is 35.5. The van der Waals surface area contributed by atoms with Crippen LogP contribution in [0.25, 0.3) is 0 Å². The van der Waals surface area contributed by atoms with E-state index < -0.39 is 0 Å². The molecule has 0 aliphatic heterocycles. The Morgan fingerprint density at radius 2 is 1.75 bits per heavy atom. The van der Waals surface area contributed by atoms with Crippen LogP contribution in [0.4, 0.5) is 0 Å². The standard InChI is InChI=1S/C14H13Cl3N2S/c15-10-6-5-9(7-12(10)17)13(19-18)8-20-14-4-2-1-3-11(14)16/h1-7,13,19H,8,18H2. The zero-order valence-corrected chi connectivity index (χ0v) is 13.5. The molecule has 0 amide bonds. The fourth-order valence-electron chi connectivity index (χ4n) is 1.70. The number of halogens is 3. The SMILES string of the molecule is NNC(CSc1ccccc1Cl)c1ccc(Cl)c(Cl)c1. The van der Waals surface area contributed by atoms with Crippen molar-refractivity contribution in [2.45, 2.75) is 10.9 Å². The molecule has 0 heterocycles. The number of hydrazine groups is 1. The third kappa shape index (κ3) is 4.04. The van der Waals surface area contributed by atoms with Gasteiger partial charge >= 0.3 is 0 Å². The Balaban J connectivity index is 2.09. The molecule has 2 aromatic carbocycles. The van der Waals surface area contributed by atoms with Gasteiger partial charge in [0.05, 0.1) is 21.1 Å². The van der Waals surface area contributed by atoms with E-state index in [9.17, 15) is 0 Å². The predicted octanol–water partition coefficient (Wildman–Crippen LogP) is 4.94. The van der Waals surface area contributed by atoms with Crippen LogP contribution < -0.4 is 11.3 Å². The summed E-state index contributed by atoms with van der Waals surface area (Å²) in [6, 6.07) is 13.2. The Morgan fingerprint density at radius 1 is 1.00 bits per heavy atom. The first-order chi connectivity index (χ1) is 9.61. The first-order valence-electron chi connectivity index (χ1n) is 5.90. The molecule has 20 heavy (non-hydrogen) atoms. The zero-order valence-electron chi connectivity index (χ0n) is 10.4. The summed E-state index contributed by atoms with van der Waals surface area (Å²) in [4.78, 5) is 1.02. The van der Waals surface area contributed by atoms with E-state index in [0.717, 1.165) is 21.2 Å². The van der Waals surface area contributed by atoms with Gasteiger partial charge in [-0.15, -0.1) is 11.8 Å². The molecule has 0 aromatic heterocycles. The van der Waals surface area contributed by atoms with Crippen LogP contribution in [0.1, 0.15) is 11.6 Å². The van der Waals surface area contributed by atoms with Gasteiger partial charge in [0.25, 0.3) is 0 Å². The lowest BCUT2D eigenvalue weighted by atomic mass is 10.1. The Labute approximate surface area is 137 Å². The minimum absolute atomic E-state index is 0.0361. The summed E-state index contributed by atoms with van der Waals surface area (Å²) in [6.45, 7) is 0. The summed E-state index contributed by atoms with van der Waals surface area (Å²) in [7, 11) is 0. The molecular formula is C14H13Cl3N2S. The fraction of sp³-hybridized carbons (Fsp3) is 0.143. The van der Waals surface area contributed by atoms with Crippen LogP contribution in [0.2, 0.25) is 15.1 Å². The molecule has 0 aliphatic rings. The van der Waals surface area contributed by atoms with E-state index in [2.05, 4.69) is 5.43 Å². The van der Waals surface area contributed by atoms with Gasteiger partial charge in [0.15, 0.2) is 0 Å². The van der Waals surface area contributed by atoms with Crippen molar-refractivity contribution >= 4 is 46.6 Å². The van der Waals surface area contributed by atoms with E-state index in [0.29, 0.717) is 10.0 Å². The number of hydrogen-bond acceptors (Lipinski definition) is 3. The van der Waals surface area contributed by atoms with Gasteiger partial charge < -0.3 is 0 Å². The van der Waals surface area contributed by atoms with Crippen molar-refractivity contribution in [3.63, 3.8) is 0 Å². The molecule has 0 spiro atoms. The van der Waals surface area contributed by atoms with Gasteiger partial charge in [-0.1, -0.05) is 53.0 Å². The van der Waals surface area contributed by atoms with Gasteiger partial charge in [-0.05, 0) is 29.8 Å². The lowest BCUT2D eigenvalue weighted by Crippen LogP contribution is -2.29. The second-order valence-corrected chi connectivity index (χ2v) is 6.42. The molecule has 3 N–H and O–H groups in total. The number of benzene rings is 2. The molecule has 0 saturated carbocycles. The number of rotatable bonds is 5. The molecule has 0 aliphatic carbocycles. The maximum atomic E-state index is 6.13. The Bertz CT molecular complexity index is 592. The number of nitrogens with two attached hydrogens (primary N) is 1. The Hall–Kier alpha value is -0.420. The van der Waals surface area contributed by atoms with Crippen LogP contribution in [0.3, 0.4) is 0 Å². The van der Waals surface area contributed by atoms with E-state index in [1.165, 1.54) is 0 Å². The van der Waals surface area contributed by atoms with E-state index in [4.69, 9.17) is 40.6 Å². The predicted molar refractivity (Wildman–Crippen MR) is 88.7 cm³/mol. The summed E-state index contributed by atoms with van der Waals surface area (Å²) in [5.41, 5.74) is 3.78. The normalized spacial score (nSPS) is 12.4. The molecule has 2 nitrogen and oxygen atoms in total. The van der Waals surface area contributed by atoms with Crippen molar-refractivity contribution in [1.82, 2.24) is 5.43 Å². The van der Waals surface area contributed by atoms with Crippen LogP contribution >= 0.6 is 46.6 Å². The molecule has 2 aromatic rings. The summed E-state index contributed by atoms with van der Waals surface area (Å²) in [6.07, 6.45) is 0. The minimum Gasteiger partial charge on any atom is -0.271 e. The molecule has 0 radical (unpaired) electrons. The summed E-state index contributed by atoms with van der Waals surface area (Å²) < 4.78 is 0. The van der Waals surface area contributed by atoms with Crippen molar-refractivity contribution in [1.29, 1.82) is 0 Å². The van der Waals surface area contributed by atoms with E-state index in [1.54, 1.807) is 17.8 Å². The van der Waals surface area contributed by atoms with Crippen molar-refractivity contribution in [3.05, 3.63) is 63.1 Å². The van der Waals surface area contributed by atoms with Crippen molar-refractivity contribution in [3.8, 4) is 0 Å². The van der Waals surface area contributed by atoms with Crippen LogP contribution in [0, 0.1) is 0 Å². The van der Waals surface area contributed by atoms with E-state index in [1.807, 2.05) is 36.4 Å². The molecule has 106 valence electrons. The average molecular weight is 348 g/mol. The summed E-state index contributed by atoms with van der Waals surface area (Å²) in [5.74, 6) is 6.36. The van der Waals surface area contributed by atoms with Gasteiger partial charge in [0, 0.05) is 10.6 Å². The zero-order chi connectivity index (χ0) is 14.5. The van der Waals surface area contributed by atoms with Gasteiger partial charge in [0.2, 0.25) is 0 Å². The second-order valence-electron chi connectivity index (χ2n) is 4.13. The first kappa shape index (κ1) is 16.0. The molecule has 0 fully saturated rings. The van der Waals surface area contributed by atoms with Gasteiger partial charge in [-0.3, -0.25) is 11.3 Å². The van der Waals surface area contributed by atoms with Crippen LogP contribution in [0.5, 0.6) is 0 Å². The quantitative estimate of drug-likeness (QED) is 0.457. The monoisotopic (exact) mass is 346 g/mol. The van der Waals surface area contributed by atoms with Crippen molar-refractivity contribution < 1.29 is 0 Å². The largest absolute Gasteiger partial charge is 0.271 e. The molecule has 1 atom stereocenters. The highest BCUT2D eigenvalue weighted by Crippen LogP contribution is 2.31. The molecule has 1 unspecified atom stereocenters. The maximum absolute atomic E-state index is 6.13. The maximum Gasteiger partial charge on any atom is 0.0595 e. The van der Waals surface area contributed by atoms with Gasteiger partial charge in [-0.25, -0.2) is 0 Å². The third-order valence-electron chi connectivity index (χ3n) is 2.79. The Morgan fingerprint density at radius 3 is 2.40 bits per heavy atom. The highest BCUT2D eigenvalue weighted by molar-refractivity contribution is 7.99. The fourth-order valence-corrected chi connectivity index (χ4v) is 3.33. The van der Waals surface area contributed by atoms with Crippen LogP contribution in [-0.2, 0) is 0 Å². The smallest absolute Gasteiger partial charge is 0.0595 e. The Kier molecular flexibility index (Phi) is 6.02. The average Bonchev–Trinajstić information content (AvgIpc) is 2.45. The third-order valence-corrected chi connectivity index (χ3v) is 5.14. The molecule has 0 saturated heterocycles. The molecular weight excluding hydrogens is 335 g/mol. The topological polar surface area (TPSA) is 38.0 Å². The van der Waals surface area contributed by atoms with Gasteiger partial charge in [-0.2, -0.15) is 0 Å². The van der Waals surface area contributed by atoms with Crippen molar-refractivity contribution in [2.75, 3.05) is 5.75 Å². The van der Waals surface area contributed by atoms with Crippen molar-refractivity contribution in [2.24, 2.45) is 5.84 Å². The lowest BCUT2D eigenvalue weighted by Gasteiger charge is -2.17. The van der Waals surface area contributed by atoms with E-state index in [-0.39, 0.29) is 6.04 Å². The highest BCUT2D eigenvalue weighted by Gasteiger charge is 2.12. The van der Waals surface area contributed by atoms with E-state index >= 15 is 0 Å². The van der Waals surface area contributed by atoms with Crippen LogP contribution in [-0.4, -0.2) is 5.75 Å². The lowest BCUT2D eigenvalue weighted by molar-refractivity contribution is 0.611. The van der Waals surface area contributed by atoms with Crippen LogP contribution in [0.15, 0.2) is 47.4 Å². The minimum atomic E-state index is -0.0361. The molecule has 0 bridgehead atoms. The second kappa shape index (κ2) is 7.55. The molecule has 6 heteroatoms. The summed E-state index contributed by atoms with van der Waals surface area (Å²) in [5, 5.41) is 1.79. The number of nitrogens with one attached hydrogen (secondary N) is 1.